The maximum absolute atomic E-state index is 12.9. The third-order valence-corrected chi connectivity index (χ3v) is 6.40. The predicted octanol–water partition coefficient (Wildman–Crippen LogP) is 2.51. The number of nitrogens with zero attached hydrogens (tertiary/aromatic N) is 1. The zero-order chi connectivity index (χ0) is 19.7. The van der Waals surface area contributed by atoms with E-state index < -0.39 is 44.8 Å². The van der Waals surface area contributed by atoms with E-state index in [1.165, 1.54) is 7.11 Å². The van der Waals surface area contributed by atoms with E-state index in [4.69, 9.17) is 4.74 Å². The number of halogens is 4. The summed E-state index contributed by atoms with van der Waals surface area (Å²) >= 11 is 2.94. The van der Waals surface area contributed by atoms with Crippen LogP contribution in [-0.2, 0) is 20.9 Å². The normalized spacial score (nSPS) is 21.2. The molecule has 0 saturated carbocycles. The number of alkyl halides is 3. The van der Waals surface area contributed by atoms with Crippen molar-refractivity contribution in [3.8, 4) is 0 Å². The van der Waals surface area contributed by atoms with Gasteiger partial charge in [0.1, 0.15) is 0 Å². The van der Waals surface area contributed by atoms with Crippen molar-refractivity contribution in [2.45, 2.75) is 29.6 Å². The molecule has 1 aliphatic rings. The molecule has 0 aromatic heterocycles. The molecule has 0 spiro atoms. The third kappa shape index (κ3) is 4.67. The maximum atomic E-state index is 12.9. The Morgan fingerprint density at radius 1 is 1.46 bits per heavy atom. The SMILES string of the molecule is COC[C@H]1C[C@@H](NS(=O)(=O)c2cc(C(F)(F)F)ccc2Br)CN1C(=O)O. The molecule has 1 aromatic carbocycles. The van der Waals surface area contributed by atoms with Gasteiger partial charge in [-0.25, -0.2) is 17.9 Å². The Bertz CT molecular complexity index is 787. The van der Waals surface area contributed by atoms with Crippen LogP contribution in [0.1, 0.15) is 12.0 Å². The average Bonchev–Trinajstić information content (AvgIpc) is 2.88. The summed E-state index contributed by atoms with van der Waals surface area (Å²) in [6.07, 6.45) is -5.77. The minimum atomic E-state index is -4.69. The molecule has 1 amide bonds. The van der Waals surface area contributed by atoms with E-state index in [2.05, 4.69) is 20.7 Å². The summed E-state index contributed by atoms with van der Waals surface area (Å²) in [6, 6.07) is 0.971. The van der Waals surface area contributed by atoms with E-state index >= 15 is 0 Å². The summed E-state index contributed by atoms with van der Waals surface area (Å²) in [6.45, 7) is -0.0447. The first-order valence-corrected chi connectivity index (χ1v) is 9.61. The Morgan fingerprint density at radius 3 is 2.65 bits per heavy atom. The largest absolute Gasteiger partial charge is 0.465 e. The third-order valence-electron chi connectivity index (χ3n) is 3.89. The summed E-state index contributed by atoms with van der Waals surface area (Å²) in [5, 5.41) is 9.17. The second kappa shape index (κ2) is 7.71. The number of likely N-dealkylation sites (tertiary alicyclic amines) is 1. The van der Waals surface area contributed by atoms with Crippen LogP contribution in [0.4, 0.5) is 18.0 Å². The lowest BCUT2D eigenvalue weighted by atomic mass is 10.2. The van der Waals surface area contributed by atoms with Crippen LogP contribution in [0.3, 0.4) is 0 Å². The lowest BCUT2D eigenvalue weighted by Gasteiger charge is -2.19. The van der Waals surface area contributed by atoms with Crippen LogP contribution in [0.25, 0.3) is 0 Å². The summed E-state index contributed by atoms with van der Waals surface area (Å²) in [5.41, 5.74) is -1.10. The number of sulfonamides is 1. The van der Waals surface area contributed by atoms with Crippen LogP contribution in [0, 0.1) is 0 Å². The van der Waals surface area contributed by atoms with Gasteiger partial charge in [-0.15, -0.1) is 0 Å². The van der Waals surface area contributed by atoms with Crippen molar-refractivity contribution < 1.29 is 36.2 Å². The van der Waals surface area contributed by atoms with Gasteiger partial charge in [-0.3, -0.25) is 0 Å². The Kier molecular flexibility index (Phi) is 6.20. The average molecular weight is 461 g/mol. The molecule has 7 nitrogen and oxygen atoms in total. The number of amides is 1. The number of hydrogen-bond donors (Lipinski definition) is 2. The molecule has 12 heteroatoms. The molecule has 2 N–H and O–H groups in total. The molecule has 1 aliphatic heterocycles. The van der Waals surface area contributed by atoms with Gasteiger partial charge in [-0.2, -0.15) is 13.2 Å². The monoisotopic (exact) mass is 460 g/mol. The van der Waals surface area contributed by atoms with Crippen LogP contribution in [0.15, 0.2) is 27.6 Å². The molecule has 1 fully saturated rings. The van der Waals surface area contributed by atoms with Gasteiger partial charge in [0.15, 0.2) is 0 Å². The number of carboxylic acid groups (broad SMARTS) is 1. The fourth-order valence-corrected chi connectivity index (χ4v) is 4.98. The van der Waals surface area contributed by atoms with Gasteiger partial charge in [0.25, 0.3) is 0 Å². The Balaban J connectivity index is 2.25. The van der Waals surface area contributed by atoms with Gasteiger partial charge < -0.3 is 14.7 Å². The Hall–Kier alpha value is -1.37. The number of rotatable bonds is 5. The van der Waals surface area contributed by atoms with Gasteiger partial charge in [-0.05, 0) is 40.5 Å². The van der Waals surface area contributed by atoms with Crippen molar-refractivity contribution in [1.29, 1.82) is 0 Å². The quantitative estimate of drug-likeness (QED) is 0.703. The van der Waals surface area contributed by atoms with E-state index in [0.717, 1.165) is 17.0 Å². The topological polar surface area (TPSA) is 95.9 Å². The highest BCUT2D eigenvalue weighted by Crippen LogP contribution is 2.33. The second-order valence-electron chi connectivity index (χ2n) is 5.74. The lowest BCUT2D eigenvalue weighted by Crippen LogP contribution is -2.39. The minimum Gasteiger partial charge on any atom is -0.465 e. The van der Waals surface area contributed by atoms with Crippen molar-refractivity contribution in [3.63, 3.8) is 0 Å². The van der Waals surface area contributed by atoms with E-state index in [9.17, 15) is 31.5 Å². The molecule has 2 atom stereocenters. The first-order valence-electron chi connectivity index (χ1n) is 7.33. The highest BCUT2D eigenvalue weighted by atomic mass is 79.9. The van der Waals surface area contributed by atoms with E-state index in [1.54, 1.807) is 0 Å². The summed E-state index contributed by atoms with van der Waals surface area (Å²) in [4.78, 5) is 11.7. The van der Waals surface area contributed by atoms with Gasteiger partial charge in [-0.1, -0.05) is 0 Å². The number of methoxy groups -OCH3 is 1. The van der Waals surface area contributed by atoms with E-state index in [0.29, 0.717) is 6.07 Å². The molecule has 146 valence electrons. The lowest BCUT2D eigenvalue weighted by molar-refractivity contribution is -0.137. The van der Waals surface area contributed by atoms with E-state index in [1.807, 2.05) is 0 Å². The number of carbonyl (C=O) groups is 1. The molecule has 0 unspecified atom stereocenters. The van der Waals surface area contributed by atoms with Gasteiger partial charge in [0.2, 0.25) is 10.0 Å². The number of hydrogen-bond acceptors (Lipinski definition) is 4. The molecule has 1 saturated heterocycles. The van der Waals surface area contributed by atoms with Crippen molar-refractivity contribution in [2.75, 3.05) is 20.3 Å². The number of benzene rings is 1. The van der Waals surface area contributed by atoms with Crippen LogP contribution in [0.5, 0.6) is 0 Å². The van der Waals surface area contributed by atoms with Gasteiger partial charge >= 0.3 is 12.3 Å². The van der Waals surface area contributed by atoms with Crippen LogP contribution < -0.4 is 4.72 Å². The molecule has 2 rings (SSSR count). The summed E-state index contributed by atoms with van der Waals surface area (Å²) in [7, 11) is -2.92. The van der Waals surface area contributed by atoms with Crippen molar-refractivity contribution in [2.24, 2.45) is 0 Å². The Morgan fingerprint density at radius 2 is 2.12 bits per heavy atom. The second-order valence-corrected chi connectivity index (χ2v) is 8.28. The first kappa shape index (κ1) is 20.9. The molecule has 0 bridgehead atoms. The van der Waals surface area contributed by atoms with Crippen LogP contribution in [-0.4, -0.2) is 56.9 Å². The van der Waals surface area contributed by atoms with E-state index in [-0.39, 0.29) is 24.0 Å². The van der Waals surface area contributed by atoms with Crippen molar-refractivity contribution in [1.82, 2.24) is 9.62 Å². The number of ether oxygens (including phenoxy) is 1. The molecular weight excluding hydrogens is 445 g/mol. The summed E-state index contributed by atoms with van der Waals surface area (Å²) < 4.78 is 70.8. The van der Waals surface area contributed by atoms with Crippen LogP contribution >= 0.6 is 15.9 Å². The van der Waals surface area contributed by atoms with Crippen LogP contribution in [0.2, 0.25) is 0 Å². The smallest absolute Gasteiger partial charge is 0.416 e. The van der Waals surface area contributed by atoms with Gasteiger partial charge in [0, 0.05) is 24.2 Å². The zero-order valence-electron chi connectivity index (χ0n) is 13.5. The predicted molar refractivity (Wildman–Crippen MR) is 88.3 cm³/mol. The molecular formula is C14H16BrF3N2O5S. The molecule has 1 heterocycles. The fraction of sp³-hybridized carbons (Fsp3) is 0.500. The van der Waals surface area contributed by atoms with Crippen molar-refractivity contribution >= 4 is 32.0 Å². The fourth-order valence-electron chi connectivity index (χ4n) is 2.76. The zero-order valence-corrected chi connectivity index (χ0v) is 15.9. The Labute approximate surface area is 156 Å². The molecule has 26 heavy (non-hydrogen) atoms. The highest BCUT2D eigenvalue weighted by molar-refractivity contribution is 9.10. The molecule has 1 aromatic rings. The van der Waals surface area contributed by atoms with Gasteiger partial charge in [0.05, 0.1) is 23.1 Å². The standard InChI is InChI=1S/C14H16BrF3N2O5S/c1-25-7-10-5-9(6-20(10)13(21)22)19-26(23,24)12-4-8(14(16,17)18)2-3-11(12)15/h2-4,9-10,19H,5-7H2,1H3,(H,21,22)/t9-,10-/m1/s1. The molecule has 0 aliphatic carbocycles. The highest BCUT2D eigenvalue weighted by Gasteiger charge is 2.38. The first-order chi connectivity index (χ1) is 12.0. The molecule has 0 radical (unpaired) electrons. The van der Waals surface area contributed by atoms with Crippen molar-refractivity contribution in [3.05, 3.63) is 28.2 Å². The number of nitrogens with one attached hydrogen (secondary N) is 1. The maximum Gasteiger partial charge on any atom is 0.416 e. The summed E-state index contributed by atoms with van der Waals surface area (Å²) in [5.74, 6) is 0. The minimum absolute atomic E-state index is 0.0282.